The van der Waals surface area contributed by atoms with Gasteiger partial charge < -0.3 is 4.90 Å². The lowest BCUT2D eigenvalue weighted by Gasteiger charge is -2.20. The van der Waals surface area contributed by atoms with E-state index in [4.69, 9.17) is 0 Å². The van der Waals surface area contributed by atoms with Crippen molar-refractivity contribution in [3.8, 4) is 0 Å². The molecule has 0 fully saturated rings. The molecule has 3 heteroatoms. The predicted molar refractivity (Wildman–Crippen MR) is 80.3 cm³/mol. The van der Waals surface area contributed by atoms with Gasteiger partial charge in [-0.15, -0.1) is 0 Å². The average molecular weight is 305 g/mol. The zero-order valence-corrected chi connectivity index (χ0v) is 12.1. The van der Waals surface area contributed by atoms with Crippen LogP contribution in [0, 0.1) is 0 Å². The fourth-order valence-corrected chi connectivity index (χ4v) is 2.36. The second kappa shape index (κ2) is 6.55. The smallest absolute Gasteiger partial charge is 0.132 e. The fourth-order valence-electron chi connectivity index (χ4n) is 1.93. The Balaban J connectivity index is 2.01. The number of aromatic nitrogens is 1. The first-order valence-corrected chi connectivity index (χ1v) is 7.18. The number of hydrogen-bond acceptors (Lipinski definition) is 2. The lowest BCUT2D eigenvalue weighted by molar-refractivity contribution is 0.854. The third-order valence-electron chi connectivity index (χ3n) is 2.95. The van der Waals surface area contributed by atoms with E-state index in [0.717, 1.165) is 24.1 Å². The summed E-state index contributed by atoms with van der Waals surface area (Å²) in [5.41, 5.74) is 2.59. The standard InChI is InChI=1S/C15H17BrN2/c1-18(11-9-13-6-3-2-4-7-13)15-14(12-16)8-5-10-17-15/h2-8,10H,9,11-12H2,1H3. The summed E-state index contributed by atoms with van der Waals surface area (Å²) in [6, 6.07) is 14.6. The van der Waals surface area contributed by atoms with E-state index < -0.39 is 0 Å². The van der Waals surface area contributed by atoms with Crippen LogP contribution in [0.2, 0.25) is 0 Å². The number of nitrogens with zero attached hydrogens (tertiary/aromatic N) is 2. The number of benzene rings is 1. The van der Waals surface area contributed by atoms with Gasteiger partial charge in [0.25, 0.3) is 0 Å². The molecule has 0 atom stereocenters. The van der Waals surface area contributed by atoms with Crippen molar-refractivity contribution in [3.05, 3.63) is 59.8 Å². The Bertz CT molecular complexity index is 485. The molecule has 0 aliphatic carbocycles. The number of rotatable bonds is 5. The van der Waals surface area contributed by atoms with E-state index in [1.54, 1.807) is 0 Å². The summed E-state index contributed by atoms with van der Waals surface area (Å²) < 4.78 is 0. The van der Waals surface area contributed by atoms with Gasteiger partial charge in [-0.1, -0.05) is 52.3 Å². The Morgan fingerprint density at radius 3 is 2.61 bits per heavy atom. The maximum Gasteiger partial charge on any atom is 0.132 e. The molecule has 94 valence electrons. The van der Waals surface area contributed by atoms with Gasteiger partial charge in [0.2, 0.25) is 0 Å². The highest BCUT2D eigenvalue weighted by molar-refractivity contribution is 9.08. The van der Waals surface area contributed by atoms with Crippen LogP contribution in [-0.4, -0.2) is 18.6 Å². The van der Waals surface area contributed by atoms with Gasteiger partial charge in [-0.3, -0.25) is 0 Å². The van der Waals surface area contributed by atoms with E-state index >= 15 is 0 Å². The lowest BCUT2D eigenvalue weighted by atomic mass is 10.1. The number of anilines is 1. The maximum atomic E-state index is 4.46. The van der Waals surface area contributed by atoms with E-state index in [9.17, 15) is 0 Å². The second-order valence-corrected chi connectivity index (χ2v) is 4.84. The lowest BCUT2D eigenvalue weighted by Crippen LogP contribution is -2.22. The molecule has 1 aromatic heterocycles. The highest BCUT2D eigenvalue weighted by atomic mass is 79.9. The molecule has 1 heterocycles. The maximum absolute atomic E-state index is 4.46. The number of likely N-dealkylation sites (N-methyl/N-ethyl adjacent to an activating group) is 1. The third kappa shape index (κ3) is 3.33. The molecule has 0 saturated carbocycles. The Kier molecular flexibility index (Phi) is 4.76. The molecule has 0 aliphatic rings. The van der Waals surface area contributed by atoms with E-state index in [0.29, 0.717) is 0 Å². The molecule has 0 N–H and O–H groups in total. The van der Waals surface area contributed by atoms with Gasteiger partial charge >= 0.3 is 0 Å². The summed E-state index contributed by atoms with van der Waals surface area (Å²) in [5, 5.41) is 0.839. The third-order valence-corrected chi connectivity index (χ3v) is 3.56. The first kappa shape index (κ1) is 13.1. The van der Waals surface area contributed by atoms with Gasteiger partial charge in [0.05, 0.1) is 0 Å². The van der Waals surface area contributed by atoms with Crippen molar-refractivity contribution in [1.82, 2.24) is 4.98 Å². The van der Waals surface area contributed by atoms with Crippen molar-refractivity contribution in [2.75, 3.05) is 18.5 Å². The molecule has 0 spiro atoms. The van der Waals surface area contributed by atoms with Crippen molar-refractivity contribution >= 4 is 21.7 Å². The van der Waals surface area contributed by atoms with Gasteiger partial charge in [-0.25, -0.2) is 4.98 Å². The van der Waals surface area contributed by atoms with Crippen LogP contribution in [-0.2, 0) is 11.8 Å². The quantitative estimate of drug-likeness (QED) is 0.784. The number of hydrogen-bond donors (Lipinski definition) is 0. The minimum atomic E-state index is 0.839. The molecule has 0 unspecified atom stereocenters. The summed E-state index contributed by atoms with van der Waals surface area (Å²) >= 11 is 3.51. The van der Waals surface area contributed by atoms with Crippen molar-refractivity contribution in [3.63, 3.8) is 0 Å². The molecule has 2 rings (SSSR count). The van der Waals surface area contributed by atoms with Crippen LogP contribution in [0.3, 0.4) is 0 Å². The Labute approximate surface area is 117 Å². The minimum absolute atomic E-state index is 0.839. The summed E-state index contributed by atoms with van der Waals surface area (Å²) in [5.74, 6) is 1.06. The van der Waals surface area contributed by atoms with Gasteiger partial charge in [-0.2, -0.15) is 0 Å². The van der Waals surface area contributed by atoms with Crippen LogP contribution in [0.5, 0.6) is 0 Å². The van der Waals surface area contributed by atoms with Gasteiger partial charge in [-0.05, 0) is 18.1 Å². The van der Waals surface area contributed by atoms with Crippen molar-refractivity contribution in [2.24, 2.45) is 0 Å². The molecule has 0 saturated heterocycles. The average Bonchev–Trinajstić information content (AvgIpc) is 2.45. The Morgan fingerprint density at radius 2 is 1.89 bits per heavy atom. The van der Waals surface area contributed by atoms with Crippen LogP contribution < -0.4 is 4.90 Å². The highest BCUT2D eigenvalue weighted by Crippen LogP contribution is 2.18. The zero-order chi connectivity index (χ0) is 12.8. The molecule has 0 amide bonds. The van der Waals surface area contributed by atoms with Crippen molar-refractivity contribution in [2.45, 2.75) is 11.8 Å². The second-order valence-electron chi connectivity index (χ2n) is 4.28. The molecule has 0 aliphatic heterocycles. The van der Waals surface area contributed by atoms with E-state index in [2.05, 4.69) is 69.3 Å². The van der Waals surface area contributed by atoms with Crippen LogP contribution >= 0.6 is 15.9 Å². The number of alkyl halides is 1. The molecule has 1 aromatic carbocycles. The predicted octanol–water partition coefficient (Wildman–Crippen LogP) is 3.66. The van der Waals surface area contributed by atoms with Crippen LogP contribution in [0.1, 0.15) is 11.1 Å². The molecular formula is C15H17BrN2. The SMILES string of the molecule is CN(CCc1ccccc1)c1ncccc1CBr. The Morgan fingerprint density at radius 1 is 1.11 bits per heavy atom. The largest absolute Gasteiger partial charge is 0.359 e. The Hall–Kier alpha value is -1.35. The van der Waals surface area contributed by atoms with Gasteiger partial charge in [0, 0.05) is 30.7 Å². The molecule has 0 radical (unpaired) electrons. The number of pyridine rings is 1. The van der Waals surface area contributed by atoms with E-state index in [-0.39, 0.29) is 0 Å². The molecular weight excluding hydrogens is 288 g/mol. The van der Waals surface area contributed by atoms with Gasteiger partial charge in [0.1, 0.15) is 5.82 Å². The van der Waals surface area contributed by atoms with Gasteiger partial charge in [0.15, 0.2) is 0 Å². The first-order chi connectivity index (χ1) is 8.81. The summed E-state index contributed by atoms with van der Waals surface area (Å²) in [7, 11) is 2.09. The van der Waals surface area contributed by atoms with Crippen LogP contribution in [0.25, 0.3) is 0 Å². The van der Waals surface area contributed by atoms with Crippen molar-refractivity contribution < 1.29 is 0 Å². The van der Waals surface area contributed by atoms with Crippen LogP contribution in [0.15, 0.2) is 48.7 Å². The normalized spacial score (nSPS) is 10.3. The van der Waals surface area contributed by atoms with Crippen molar-refractivity contribution in [1.29, 1.82) is 0 Å². The molecule has 18 heavy (non-hydrogen) atoms. The first-order valence-electron chi connectivity index (χ1n) is 6.06. The summed E-state index contributed by atoms with van der Waals surface area (Å²) in [6.45, 7) is 0.973. The zero-order valence-electron chi connectivity index (χ0n) is 10.5. The molecule has 2 aromatic rings. The topological polar surface area (TPSA) is 16.1 Å². The fraction of sp³-hybridized carbons (Fsp3) is 0.267. The minimum Gasteiger partial charge on any atom is -0.359 e. The van der Waals surface area contributed by atoms with E-state index in [1.807, 2.05) is 12.3 Å². The summed E-state index contributed by atoms with van der Waals surface area (Å²) in [6.07, 6.45) is 2.89. The monoisotopic (exact) mass is 304 g/mol. The molecule has 2 nitrogen and oxygen atoms in total. The van der Waals surface area contributed by atoms with E-state index in [1.165, 1.54) is 11.1 Å². The highest BCUT2D eigenvalue weighted by Gasteiger charge is 2.07. The molecule has 0 bridgehead atoms. The summed E-state index contributed by atoms with van der Waals surface area (Å²) in [4.78, 5) is 6.67. The van der Waals surface area contributed by atoms with Crippen LogP contribution in [0.4, 0.5) is 5.82 Å². The number of halogens is 1.